The van der Waals surface area contributed by atoms with Gasteiger partial charge < -0.3 is 20.3 Å². The van der Waals surface area contributed by atoms with E-state index in [-0.39, 0.29) is 12.1 Å². The Hall–Kier alpha value is -1.75. The van der Waals surface area contributed by atoms with E-state index in [1.54, 1.807) is 7.11 Å². The van der Waals surface area contributed by atoms with Gasteiger partial charge in [-0.25, -0.2) is 0 Å². The van der Waals surface area contributed by atoms with Crippen LogP contribution in [-0.4, -0.2) is 30.3 Å². The van der Waals surface area contributed by atoms with E-state index < -0.39 is 11.4 Å². The first-order valence-corrected chi connectivity index (χ1v) is 7.90. The number of carboxylic acid groups (broad SMARTS) is 1. The van der Waals surface area contributed by atoms with Crippen LogP contribution < -0.4 is 15.2 Å². The number of carboxylic acids is 1. The average molecular weight is 305 g/mol. The maximum Gasteiger partial charge on any atom is 0.315 e. The van der Waals surface area contributed by atoms with Crippen LogP contribution >= 0.6 is 0 Å². The van der Waals surface area contributed by atoms with Crippen LogP contribution in [0, 0.1) is 5.41 Å². The van der Waals surface area contributed by atoms with Crippen molar-refractivity contribution in [3.63, 3.8) is 0 Å². The maximum absolute atomic E-state index is 12.0. The first-order chi connectivity index (χ1) is 10.6. The molecule has 1 aromatic carbocycles. The van der Waals surface area contributed by atoms with Crippen molar-refractivity contribution in [1.82, 2.24) is 0 Å². The Bertz CT molecular complexity index is 574. The number of nitrogens with two attached hydrogens (primary N) is 1. The van der Waals surface area contributed by atoms with Crippen LogP contribution in [0.2, 0.25) is 0 Å². The van der Waals surface area contributed by atoms with E-state index in [1.807, 2.05) is 18.2 Å². The zero-order valence-electron chi connectivity index (χ0n) is 12.9. The van der Waals surface area contributed by atoms with Gasteiger partial charge in [0.2, 0.25) is 0 Å². The van der Waals surface area contributed by atoms with Crippen molar-refractivity contribution < 1.29 is 19.4 Å². The molecule has 1 aliphatic carbocycles. The number of methoxy groups -OCH3 is 1. The Kier molecular flexibility index (Phi) is 4.00. The Morgan fingerprint density at radius 2 is 2.23 bits per heavy atom. The number of aliphatic carboxylic acids is 1. The van der Waals surface area contributed by atoms with Gasteiger partial charge in [-0.05, 0) is 37.3 Å². The van der Waals surface area contributed by atoms with Gasteiger partial charge in [-0.3, -0.25) is 4.79 Å². The molecule has 3 atom stereocenters. The highest BCUT2D eigenvalue weighted by atomic mass is 16.5. The van der Waals surface area contributed by atoms with Crippen molar-refractivity contribution >= 4 is 5.97 Å². The topological polar surface area (TPSA) is 81.8 Å². The molecule has 22 heavy (non-hydrogen) atoms. The summed E-state index contributed by atoms with van der Waals surface area (Å²) in [4.78, 5) is 12.0. The fourth-order valence-electron chi connectivity index (χ4n) is 3.87. The molecule has 2 aliphatic rings. The number of benzene rings is 1. The molecule has 1 saturated carbocycles. The largest absolute Gasteiger partial charge is 0.497 e. The van der Waals surface area contributed by atoms with Crippen LogP contribution in [0.3, 0.4) is 0 Å². The third-order valence-electron chi connectivity index (χ3n) is 5.21. The second-order valence-electron chi connectivity index (χ2n) is 6.32. The predicted octanol–water partition coefficient (Wildman–Crippen LogP) is 2.36. The lowest BCUT2D eigenvalue weighted by molar-refractivity contribution is -0.161. The van der Waals surface area contributed by atoms with Crippen LogP contribution in [0.1, 0.15) is 37.7 Å². The molecule has 0 radical (unpaired) electrons. The molecule has 0 amide bonds. The highest BCUT2D eigenvalue weighted by Crippen LogP contribution is 2.45. The van der Waals surface area contributed by atoms with Crippen molar-refractivity contribution in [2.75, 3.05) is 7.11 Å². The third kappa shape index (κ3) is 2.33. The molecule has 120 valence electrons. The summed E-state index contributed by atoms with van der Waals surface area (Å²) in [6, 6.07) is 5.38. The van der Waals surface area contributed by atoms with E-state index in [0.717, 1.165) is 42.7 Å². The average Bonchev–Trinajstić information content (AvgIpc) is 2.54. The van der Waals surface area contributed by atoms with Crippen LogP contribution in [-0.2, 0) is 11.2 Å². The summed E-state index contributed by atoms with van der Waals surface area (Å²) in [6.07, 6.45) is 4.35. The van der Waals surface area contributed by atoms with Crippen molar-refractivity contribution in [3.8, 4) is 11.5 Å². The first-order valence-electron chi connectivity index (χ1n) is 7.90. The summed E-state index contributed by atoms with van der Waals surface area (Å²) in [5.74, 6) is 0.627. The summed E-state index contributed by atoms with van der Waals surface area (Å²) in [7, 11) is 1.61. The third-order valence-corrected chi connectivity index (χ3v) is 5.21. The van der Waals surface area contributed by atoms with E-state index in [2.05, 4.69) is 0 Å². The second-order valence-corrected chi connectivity index (χ2v) is 6.32. The molecule has 0 aromatic heterocycles. The summed E-state index contributed by atoms with van der Waals surface area (Å²) < 4.78 is 11.3. The van der Waals surface area contributed by atoms with Gasteiger partial charge in [0.1, 0.15) is 23.0 Å². The standard InChI is InChI=1S/C17H23NO4/c1-21-12-7-5-11-6-8-15(22-13(11)10-12)17(16(19)20)9-3-2-4-14(17)18/h5,7,10,14-15H,2-4,6,8-9,18H2,1H3,(H,19,20). The molecule has 1 aromatic rings. The first kappa shape index (κ1) is 15.2. The predicted molar refractivity (Wildman–Crippen MR) is 82.2 cm³/mol. The maximum atomic E-state index is 12.0. The monoisotopic (exact) mass is 305 g/mol. The fraction of sp³-hybridized carbons (Fsp3) is 0.588. The molecule has 5 nitrogen and oxygen atoms in total. The van der Waals surface area contributed by atoms with Crippen LogP contribution in [0.25, 0.3) is 0 Å². The molecule has 3 unspecified atom stereocenters. The van der Waals surface area contributed by atoms with Gasteiger partial charge in [-0.15, -0.1) is 0 Å². The van der Waals surface area contributed by atoms with E-state index >= 15 is 0 Å². The van der Waals surface area contributed by atoms with E-state index in [0.29, 0.717) is 12.8 Å². The quantitative estimate of drug-likeness (QED) is 0.896. The number of carbonyl (C=O) groups is 1. The number of aryl methyl sites for hydroxylation is 1. The van der Waals surface area contributed by atoms with Gasteiger partial charge in [-0.1, -0.05) is 18.9 Å². The SMILES string of the molecule is COc1ccc2c(c1)OC(C1(C(=O)O)CCCCC1N)CC2. The van der Waals surface area contributed by atoms with Gasteiger partial charge in [0, 0.05) is 12.1 Å². The van der Waals surface area contributed by atoms with Crippen LogP contribution in [0.5, 0.6) is 11.5 Å². The van der Waals surface area contributed by atoms with Gasteiger partial charge in [0.25, 0.3) is 0 Å². The number of rotatable bonds is 3. The number of hydrogen-bond acceptors (Lipinski definition) is 4. The lowest BCUT2D eigenvalue weighted by atomic mass is 9.65. The number of hydrogen-bond donors (Lipinski definition) is 2. The van der Waals surface area contributed by atoms with Gasteiger partial charge in [0.05, 0.1) is 7.11 Å². The van der Waals surface area contributed by atoms with Crippen molar-refractivity contribution in [3.05, 3.63) is 23.8 Å². The highest BCUT2D eigenvalue weighted by molar-refractivity contribution is 5.77. The summed E-state index contributed by atoms with van der Waals surface area (Å²) in [5, 5.41) is 9.88. The molecule has 5 heteroatoms. The van der Waals surface area contributed by atoms with Crippen molar-refractivity contribution in [2.45, 2.75) is 50.7 Å². The molecule has 1 heterocycles. The molecular weight excluding hydrogens is 282 g/mol. The fourth-order valence-corrected chi connectivity index (χ4v) is 3.87. The van der Waals surface area contributed by atoms with E-state index in [4.69, 9.17) is 15.2 Å². The smallest absolute Gasteiger partial charge is 0.315 e. The van der Waals surface area contributed by atoms with Gasteiger partial charge >= 0.3 is 5.97 Å². The highest BCUT2D eigenvalue weighted by Gasteiger charge is 2.53. The molecule has 0 saturated heterocycles. The Labute approximate surface area is 130 Å². The number of fused-ring (bicyclic) bond motifs is 1. The van der Waals surface area contributed by atoms with Crippen molar-refractivity contribution in [1.29, 1.82) is 0 Å². The molecule has 0 spiro atoms. The minimum atomic E-state index is -0.973. The lowest BCUT2D eigenvalue weighted by Gasteiger charge is -2.45. The van der Waals surface area contributed by atoms with Crippen LogP contribution in [0.15, 0.2) is 18.2 Å². The molecule has 0 bridgehead atoms. The minimum Gasteiger partial charge on any atom is -0.497 e. The molecule has 1 fully saturated rings. The molecule has 3 N–H and O–H groups in total. The summed E-state index contributed by atoms with van der Waals surface area (Å²) >= 11 is 0. The summed E-state index contributed by atoms with van der Waals surface area (Å²) in [5.41, 5.74) is 6.36. The summed E-state index contributed by atoms with van der Waals surface area (Å²) in [6.45, 7) is 0. The molecular formula is C17H23NO4. The van der Waals surface area contributed by atoms with E-state index in [9.17, 15) is 9.90 Å². The zero-order valence-corrected chi connectivity index (χ0v) is 12.9. The van der Waals surface area contributed by atoms with Crippen molar-refractivity contribution in [2.24, 2.45) is 11.1 Å². The Balaban J connectivity index is 1.92. The Morgan fingerprint density at radius 3 is 2.91 bits per heavy atom. The lowest BCUT2D eigenvalue weighted by Crippen LogP contribution is -2.59. The van der Waals surface area contributed by atoms with Gasteiger partial charge in [0.15, 0.2) is 0 Å². The normalized spacial score (nSPS) is 31.0. The number of ether oxygens (including phenoxy) is 2. The second kappa shape index (κ2) is 5.80. The van der Waals surface area contributed by atoms with Gasteiger partial charge in [-0.2, -0.15) is 0 Å². The molecule has 1 aliphatic heterocycles. The minimum absolute atomic E-state index is 0.351. The molecule has 3 rings (SSSR count). The zero-order chi connectivity index (χ0) is 15.7. The van der Waals surface area contributed by atoms with Crippen LogP contribution in [0.4, 0.5) is 0 Å². The van der Waals surface area contributed by atoms with E-state index in [1.165, 1.54) is 0 Å². The Morgan fingerprint density at radius 1 is 1.41 bits per heavy atom.